The van der Waals surface area contributed by atoms with Gasteiger partial charge in [-0.25, -0.2) is 4.98 Å². The molecule has 3 rings (SSSR count). The van der Waals surface area contributed by atoms with Gasteiger partial charge in [0.2, 0.25) is 5.52 Å². The minimum Gasteiger partial charge on any atom is -0.618 e. The molecule has 0 aliphatic carbocycles. The molecule has 3 aromatic rings. The van der Waals surface area contributed by atoms with Crippen molar-refractivity contribution in [2.45, 2.75) is 0 Å². The molecule has 0 unspecified atom stereocenters. The van der Waals surface area contributed by atoms with Crippen LogP contribution < -0.4 is 9.47 Å². The maximum atomic E-state index is 12.4. The molecule has 0 amide bonds. The molecule has 0 aliphatic rings. The number of nitro benzene ring substituents is 1. The molecule has 0 aliphatic heterocycles. The first-order chi connectivity index (χ1) is 9.63. The lowest BCUT2D eigenvalue weighted by Crippen LogP contribution is -2.29. The number of nitro groups is 1. The van der Waals surface area contributed by atoms with Crippen molar-refractivity contribution < 1.29 is 14.4 Å². The Hall–Kier alpha value is -2.96. The zero-order chi connectivity index (χ0) is 14.3. The third kappa shape index (κ3) is 1.60. The molecule has 0 saturated carbocycles. The zero-order valence-electron chi connectivity index (χ0n) is 10.4. The molecule has 0 saturated heterocycles. The summed E-state index contributed by atoms with van der Waals surface area (Å²) in [5.41, 5.74) is 0.502. The topological polar surface area (TPSA) is 92.2 Å². The van der Waals surface area contributed by atoms with Gasteiger partial charge in [-0.1, -0.05) is 12.1 Å². The summed E-state index contributed by atoms with van der Waals surface area (Å²) in [6, 6.07) is 9.33. The molecule has 0 fully saturated rings. The van der Waals surface area contributed by atoms with Crippen molar-refractivity contribution in [3.63, 3.8) is 0 Å². The van der Waals surface area contributed by atoms with Crippen LogP contribution in [0.15, 0.2) is 36.4 Å². The third-order valence-electron chi connectivity index (χ3n) is 3.05. The molecule has 7 heteroatoms. The van der Waals surface area contributed by atoms with Gasteiger partial charge in [-0.3, -0.25) is 10.1 Å². The van der Waals surface area contributed by atoms with Crippen LogP contribution in [0.3, 0.4) is 0 Å². The van der Waals surface area contributed by atoms with E-state index in [1.54, 1.807) is 24.3 Å². The molecule has 20 heavy (non-hydrogen) atoms. The van der Waals surface area contributed by atoms with Crippen molar-refractivity contribution in [1.29, 1.82) is 0 Å². The highest BCUT2D eigenvalue weighted by atomic mass is 16.6. The number of aromatic nitrogens is 2. The fraction of sp³-hybridized carbons (Fsp3) is 0.0769. The van der Waals surface area contributed by atoms with Crippen LogP contribution in [0.4, 0.5) is 5.69 Å². The quantitative estimate of drug-likeness (QED) is 0.233. The first-order valence-corrected chi connectivity index (χ1v) is 5.77. The van der Waals surface area contributed by atoms with Gasteiger partial charge in [0.05, 0.1) is 12.0 Å². The van der Waals surface area contributed by atoms with Gasteiger partial charge in [0.25, 0.3) is 0 Å². The Morgan fingerprint density at radius 1 is 1.25 bits per heavy atom. The largest absolute Gasteiger partial charge is 0.618 e. The highest BCUT2D eigenvalue weighted by molar-refractivity contribution is 5.91. The molecule has 1 heterocycles. The molecule has 7 nitrogen and oxygen atoms in total. The van der Waals surface area contributed by atoms with Crippen molar-refractivity contribution in [2.24, 2.45) is 0 Å². The van der Waals surface area contributed by atoms with Gasteiger partial charge in [-0.15, -0.1) is 0 Å². The summed E-state index contributed by atoms with van der Waals surface area (Å²) in [4.78, 5) is 14.8. The summed E-state index contributed by atoms with van der Waals surface area (Å²) in [5.74, 6) is 0.320. The number of fused-ring (bicyclic) bond motifs is 2. The highest BCUT2D eigenvalue weighted by Crippen LogP contribution is 2.30. The molecule has 0 spiro atoms. The Kier molecular flexibility index (Phi) is 2.60. The van der Waals surface area contributed by atoms with Crippen molar-refractivity contribution in [2.75, 3.05) is 7.11 Å². The molecule has 1 aromatic heterocycles. The maximum Gasteiger partial charge on any atom is 0.343 e. The van der Waals surface area contributed by atoms with E-state index in [1.165, 1.54) is 19.2 Å². The first kappa shape index (κ1) is 12.1. The lowest BCUT2D eigenvalue weighted by molar-refractivity contribution is -0.552. The highest BCUT2D eigenvalue weighted by Gasteiger charge is 2.26. The van der Waals surface area contributed by atoms with E-state index >= 15 is 0 Å². The van der Waals surface area contributed by atoms with Crippen LogP contribution in [-0.2, 0) is 0 Å². The average Bonchev–Trinajstić information content (AvgIpc) is 2.46. The monoisotopic (exact) mass is 271 g/mol. The zero-order valence-corrected chi connectivity index (χ0v) is 10.4. The van der Waals surface area contributed by atoms with Gasteiger partial charge in [-0.2, -0.15) is 4.73 Å². The third-order valence-corrected chi connectivity index (χ3v) is 3.05. The fourth-order valence-electron chi connectivity index (χ4n) is 2.14. The van der Waals surface area contributed by atoms with E-state index in [4.69, 9.17) is 4.74 Å². The van der Waals surface area contributed by atoms with Crippen molar-refractivity contribution in [3.8, 4) is 5.75 Å². The number of hydrogen-bond acceptors (Lipinski definition) is 5. The summed E-state index contributed by atoms with van der Waals surface area (Å²) >= 11 is 0. The Balaban J connectivity index is 2.58. The molecule has 0 radical (unpaired) electrons. The Bertz CT molecular complexity index is 848. The van der Waals surface area contributed by atoms with E-state index < -0.39 is 4.92 Å². The number of methoxy groups -OCH3 is 1. The first-order valence-electron chi connectivity index (χ1n) is 5.77. The molecule has 0 bridgehead atoms. The fourth-order valence-corrected chi connectivity index (χ4v) is 2.14. The van der Waals surface area contributed by atoms with E-state index in [1.807, 2.05) is 0 Å². The van der Waals surface area contributed by atoms with Crippen LogP contribution in [0, 0.1) is 15.3 Å². The lowest BCUT2D eigenvalue weighted by atomic mass is 10.2. The van der Waals surface area contributed by atoms with Crippen LogP contribution in [0.25, 0.3) is 22.1 Å². The summed E-state index contributed by atoms with van der Waals surface area (Å²) in [5, 5.41) is 23.5. The van der Waals surface area contributed by atoms with Crippen LogP contribution >= 0.6 is 0 Å². The number of para-hydroxylation sites is 2. The predicted molar refractivity (Wildman–Crippen MR) is 71.4 cm³/mol. The smallest absolute Gasteiger partial charge is 0.343 e. The summed E-state index contributed by atoms with van der Waals surface area (Å²) in [6.07, 6.45) is 0. The van der Waals surface area contributed by atoms with E-state index in [2.05, 4.69) is 4.98 Å². The Morgan fingerprint density at radius 2 is 2.00 bits per heavy atom. The Morgan fingerprint density at radius 3 is 2.70 bits per heavy atom. The standard InChI is InChI=1S/C13H9N3O4/c1-20-11-7-6-10(16(18)19)13-12(11)14-8-4-2-3-5-9(8)15(13)17/h2-7H,1H3. The summed E-state index contributed by atoms with van der Waals surface area (Å²) < 4.78 is 5.65. The van der Waals surface area contributed by atoms with Crippen LogP contribution in [0.5, 0.6) is 5.75 Å². The lowest BCUT2D eigenvalue weighted by Gasteiger charge is -2.08. The SMILES string of the molecule is COc1ccc([N+](=O)[O-])c2c1nc1ccccc1[n+]2[O-]. The molecular weight excluding hydrogens is 262 g/mol. The van der Waals surface area contributed by atoms with E-state index in [9.17, 15) is 15.3 Å². The van der Waals surface area contributed by atoms with Gasteiger partial charge >= 0.3 is 11.2 Å². The van der Waals surface area contributed by atoms with Gasteiger partial charge in [-0.05, 0) is 12.1 Å². The van der Waals surface area contributed by atoms with Crippen LogP contribution in [0.1, 0.15) is 0 Å². The van der Waals surface area contributed by atoms with Gasteiger partial charge in [0.1, 0.15) is 5.52 Å². The number of non-ortho nitro benzene ring substituents is 1. The van der Waals surface area contributed by atoms with Crippen LogP contribution in [-0.4, -0.2) is 17.0 Å². The molecule has 2 aromatic carbocycles. The van der Waals surface area contributed by atoms with Crippen molar-refractivity contribution in [3.05, 3.63) is 51.7 Å². The Labute approximate surface area is 112 Å². The van der Waals surface area contributed by atoms with Gasteiger partial charge in [0.15, 0.2) is 11.3 Å². The van der Waals surface area contributed by atoms with E-state index in [-0.39, 0.29) is 22.2 Å². The molecule has 100 valence electrons. The number of benzene rings is 2. The number of nitrogens with zero attached hydrogens (tertiary/aromatic N) is 3. The van der Waals surface area contributed by atoms with Crippen molar-refractivity contribution >= 4 is 27.8 Å². The molecule has 0 atom stereocenters. The van der Waals surface area contributed by atoms with E-state index in [0.29, 0.717) is 16.0 Å². The van der Waals surface area contributed by atoms with Gasteiger partial charge < -0.3 is 9.94 Å². The maximum absolute atomic E-state index is 12.4. The minimum absolute atomic E-state index is 0.104. The summed E-state index contributed by atoms with van der Waals surface area (Å²) in [6.45, 7) is 0. The summed E-state index contributed by atoms with van der Waals surface area (Å²) in [7, 11) is 1.42. The van der Waals surface area contributed by atoms with Gasteiger partial charge in [0, 0.05) is 12.1 Å². The average molecular weight is 271 g/mol. The number of ether oxygens (including phenoxy) is 1. The van der Waals surface area contributed by atoms with Crippen molar-refractivity contribution in [1.82, 2.24) is 4.98 Å². The molecule has 0 N–H and O–H groups in total. The number of hydrogen-bond donors (Lipinski definition) is 0. The second kappa shape index (κ2) is 4.30. The normalized spacial score (nSPS) is 10.8. The second-order valence-electron chi connectivity index (χ2n) is 4.14. The molecular formula is C13H9N3O4. The minimum atomic E-state index is -0.605. The second-order valence-corrected chi connectivity index (χ2v) is 4.14. The number of rotatable bonds is 2. The predicted octanol–water partition coefficient (Wildman–Crippen LogP) is 1.94. The van der Waals surface area contributed by atoms with Crippen LogP contribution in [0.2, 0.25) is 0 Å². The van der Waals surface area contributed by atoms with E-state index in [0.717, 1.165) is 0 Å².